The number of aliphatic hydroxyl groups is 1. The first-order valence-corrected chi connectivity index (χ1v) is 8.13. The molecule has 22 heavy (non-hydrogen) atoms. The average molecular weight is 302 g/mol. The lowest BCUT2D eigenvalue weighted by atomic mass is 10.0. The minimum atomic E-state index is -0.354. The molecule has 0 aliphatic carbocycles. The van der Waals surface area contributed by atoms with Crippen LogP contribution in [0.15, 0.2) is 58.0 Å². The van der Waals surface area contributed by atoms with Crippen LogP contribution in [0.2, 0.25) is 0 Å². The standard InChI is InChI=1S/C20H30O2/c1-16(2)13-20(21)14-18(4)9-5-7-17(3)8-6-10-19-11-12-22-15-19/h8-9,11-13,15,20-21H,5-7,10,14H2,1-4H3/b17-8+,18-9+/t20-/m0/s1. The van der Waals surface area contributed by atoms with Crippen LogP contribution in [0, 0.1) is 0 Å². The molecule has 122 valence electrons. The smallest absolute Gasteiger partial charge is 0.0934 e. The Morgan fingerprint density at radius 2 is 1.86 bits per heavy atom. The van der Waals surface area contributed by atoms with E-state index in [1.807, 2.05) is 32.3 Å². The van der Waals surface area contributed by atoms with Gasteiger partial charge in [-0.15, -0.1) is 0 Å². The van der Waals surface area contributed by atoms with E-state index in [0.29, 0.717) is 0 Å². The molecule has 0 unspecified atom stereocenters. The van der Waals surface area contributed by atoms with Gasteiger partial charge in [0, 0.05) is 0 Å². The minimum Gasteiger partial charge on any atom is -0.472 e. The number of aryl methyl sites for hydroxylation is 1. The van der Waals surface area contributed by atoms with E-state index >= 15 is 0 Å². The van der Waals surface area contributed by atoms with Crippen LogP contribution in [-0.2, 0) is 6.42 Å². The summed E-state index contributed by atoms with van der Waals surface area (Å²) in [5.74, 6) is 0. The van der Waals surface area contributed by atoms with Crippen molar-refractivity contribution in [3.63, 3.8) is 0 Å². The fraction of sp³-hybridized carbons (Fsp3) is 0.500. The first kappa shape index (κ1) is 18.5. The summed E-state index contributed by atoms with van der Waals surface area (Å²) in [4.78, 5) is 0. The van der Waals surface area contributed by atoms with Crippen LogP contribution in [0.3, 0.4) is 0 Å². The Labute approximate surface area is 135 Å². The van der Waals surface area contributed by atoms with Gasteiger partial charge in [-0.3, -0.25) is 0 Å². The maximum atomic E-state index is 9.87. The second-order valence-electron chi connectivity index (χ2n) is 6.33. The molecule has 0 saturated carbocycles. The van der Waals surface area contributed by atoms with Crippen LogP contribution >= 0.6 is 0 Å². The van der Waals surface area contributed by atoms with Crippen molar-refractivity contribution >= 4 is 0 Å². The number of aliphatic hydroxyl groups excluding tert-OH is 1. The molecule has 0 aliphatic rings. The molecule has 0 fully saturated rings. The highest BCUT2D eigenvalue weighted by atomic mass is 16.3. The van der Waals surface area contributed by atoms with Gasteiger partial charge in [0.2, 0.25) is 0 Å². The van der Waals surface area contributed by atoms with Gasteiger partial charge in [-0.1, -0.05) is 34.9 Å². The number of rotatable bonds is 9. The second kappa shape index (κ2) is 10.2. The van der Waals surface area contributed by atoms with E-state index in [0.717, 1.165) is 37.7 Å². The number of furan rings is 1. The maximum Gasteiger partial charge on any atom is 0.0934 e. The molecule has 0 saturated heterocycles. The van der Waals surface area contributed by atoms with E-state index in [2.05, 4.69) is 26.0 Å². The number of hydrogen-bond acceptors (Lipinski definition) is 2. The van der Waals surface area contributed by atoms with Crippen molar-refractivity contribution in [2.45, 2.75) is 65.9 Å². The molecule has 0 bridgehead atoms. The van der Waals surface area contributed by atoms with Gasteiger partial charge in [0.25, 0.3) is 0 Å². The summed E-state index contributed by atoms with van der Waals surface area (Å²) in [5, 5.41) is 9.87. The highest BCUT2D eigenvalue weighted by Crippen LogP contribution is 2.13. The fourth-order valence-corrected chi connectivity index (χ4v) is 2.43. The van der Waals surface area contributed by atoms with E-state index in [9.17, 15) is 5.11 Å². The van der Waals surface area contributed by atoms with Gasteiger partial charge in [-0.25, -0.2) is 0 Å². The predicted octanol–water partition coefficient (Wildman–Crippen LogP) is 5.60. The van der Waals surface area contributed by atoms with Crippen molar-refractivity contribution in [1.29, 1.82) is 0 Å². The SMILES string of the molecule is CC(C)=C[C@H](O)C/C(C)=C/CC/C(C)=C/CCc1ccoc1. The predicted molar refractivity (Wildman–Crippen MR) is 93.8 cm³/mol. The molecule has 0 aliphatic heterocycles. The Balaban J connectivity index is 2.26. The Kier molecular flexibility index (Phi) is 8.61. The molecule has 1 aromatic rings. The maximum absolute atomic E-state index is 9.87. The molecular formula is C20H30O2. The third-order valence-corrected chi connectivity index (χ3v) is 3.59. The Morgan fingerprint density at radius 3 is 2.50 bits per heavy atom. The Hall–Kier alpha value is -1.54. The van der Waals surface area contributed by atoms with E-state index in [-0.39, 0.29) is 6.10 Å². The molecule has 1 heterocycles. The zero-order chi connectivity index (χ0) is 16.4. The Bertz CT molecular complexity index is 500. The first-order valence-electron chi connectivity index (χ1n) is 8.13. The zero-order valence-electron chi connectivity index (χ0n) is 14.4. The summed E-state index contributed by atoms with van der Waals surface area (Å²) in [6.07, 6.45) is 14.6. The Morgan fingerprint density at radius 1 is 1.14 bits per heavy atom. The summed E-state index contributed by atoms with van der Waals surface area (Å²) < 4.78 is 5.07. The second-order valence-corrected chi connectivity index (χ2v) is 6.33. The van der Waals surface area contributed by atoms with Gasteiger partial charge >= 0.3 is 0 Å². The molecule has 1 atom stereocenters. The van der Waals surface area contributed by atoms with Gasteiger partial charge in [0.05, 0.1) is 18.6 Å². The van der Waals surface area contributed by atoms with Crippen LogP contribution < -0.4 is 0 Å². The minimum absolute atomic E-state index is 0.354. The summed E-state index contributed by atoms with van der Waals surface area (Å²) in [5.41, 5.74) is 5.11. The largest absolute Gasteiger partial charge is 0.472 e. The quantitative estimate of drug-likeness (QED) is 0.602. The summed E-state index contributed by atoms with van der Waals surface area (Å²) >= 11 is 0. The van der Waals surface area contributed by atoms with Crippen LogP contribution in [0.1, 0.15) is 58.9 Å². The molecule has 0 aromatic carbocycles. The van der Waals surface area contributed by atoms with Crippen molar-refractivity contribution in [1.82, 2.24) is 0 Å². The lowest BCUT2D eigenvalue weighted by molar-refractivity contribution is 0.222. The van der Waals surface area contributed by atoms with Crippen LogP contribution in [0.4, 0.5) is 0 Å². The molecule has 0 amide bonds. The number of allylic oxidation sites excluding steroid dienone is 4. The van der Waals surface area contributed by atoms with Gasteiger partial charge < -0.3 is 9.52 Å². The molecule has 1 N–H and O–H groups in total. The first-order chi connectivity index (χ1) is 10.5. The average Bonchev–Trinajstić information content (AvgIpc) is 2.90. The van der Waals surface area contributed by atoms with Gasteiger partial charge in [-0.2, -0.15) is 0 Å². The summed E-state index contributed by atoms with van der Waals surface area (Å²) in [6, 6.07) is 2.02. The van der Waals surface area contributed by atoms with Crippen molar-refractivity contribution < 1.29 is 9.52 Å². The molecule has 0 radical (unpaired) electrons. The lowest BCUT2D eigenvalue weighted by Gasteiger charge is -2.07. The molecular weight excluding hydrogens is 272 g/mol. The van der Waals surface area contributed by atoms with Gasteiger partial charge in [0.1, 0.15) is 0 Å². The third kappa shape index (κ3) is 8.68. The monoisotopic (exact) mass is 302 g/mol. The third-order valence-electron chi connectivity index (χ3n) is 3.59. The fourth-order valence-electron chi connectivity index (χ4n) is 2.43. The lowest BCUT2D eigenvalue weighted by Crippen LogP contribution is -2.03. The highest BCUT2D eigenvalue weighted by molar-refractivity contribution is 5.10. The van der Waals surface area contributed by atoms with E-state index in [1.54, 1.807) is 6.26 Å². The molecule has 0 spiro atoms. The molecule has 2 heteroatoms. The van der Waals surface area contributed by atoms with Crippen LogP contribution in [0.5, 0.6) is 0 Å². The molecule has 2 nitrogen and oxygen atoms in total. The van der Waals surface area contributed by atoms with E-state index < -0.39 is 0 Å². The van der Waals surface area contributed by atoms with Crippen LogP contribution in [0.25, 0.3) is 0 Å². The normalized spacial score (nSPS) is 14.0. The van der Waals surface area contributed by atoms with Crippen molar-refractivity contribution in [2.24, 2.45) is 0 Å². The zero-order valence-corrected chi connectivity index (χ0v) is 14.4. The topological polar surface area (TPSA) is 33.4 Å². The highest BCUT2D eigenvalue weighted by Gasteiger charge is 2.01. The molecule has 1 aromatic heterocycles. The summed E-state index contributed by atoms with van der Waals surface area (Å²) in [7, 11) is 0. The number of hydrogen-bond donors (Lipinski definition) is 1. The van der Waals surface area contributed by atoms with Crippen molar-refractivity contribution in [3.05, 3.63) is 59.1 Å². The molecule has 1 rings (SSSR count). The van der Waals surface area contributed by atoms with Crippen LogP contribution in [-0.4, -0.2) is 11.2 Å². The summed E-state index contributed by atoms with van der Waals surface area (Å²) in [6.45, 7) is 8.32. The van der Waals surface area contributed by atoms with E-state index in [4.69, 9.17) is 4.42 Å². The van der Waals surface area contributed by atoms with Crippen molar-refractivity contribution in [2.75, 3.05) is 0 Å². The van der Waals surface area contributed by atoms with Gasteiger partial charge in [0.15, 0.2) is 0 Å². The van der Waals surface area contributed by atoms with Crippen molar-refractivity contribution in [3.8, 4) is 0 Å². The van der Waals surface area contributed by atoms with E-state index in [1.165, 1.54) is 16.7 Å². The van der Waals surface area contributed by atoms with Gasteiger partial charge in [-0.05, 0) is 71.4 Å².